The monoisotopic (exact) mass is 284 g/mol. The molecule has 1 aromatic rings. The molecule has 5 heteroatoms. The molecule has 1 unspecified atom stereocenters. The maximum Gasteiger partial charge on any atom is 0.239 e. The van der Waals surface area contributed by atoms with Gasteiger partial charge in [0.05, 0.1) is 6.61 Å². The summed E-state index contributed by atoms with van der Waals surface area (Å²) in [6.45, 7) is 4.72. The summed E-state index contributed by atoms with van der Waals surface area (Å²) < 4.78 is 4.85. The van der Waals surface area contributed by atoms with Crippen LogP contribution >= 0.6 is 11.6 Å². The van der Waals surface area contributed by atoms with E-state index in [-0.39, 0.29) is 17.9 Å². The Morgan fingerprint density at radius 1 is 1.47 bits per heavy atom. The Labute approximate surface area is 119 Å². The first-order chi connectivity index (χ1) is 8.88. The molecular formula is C14H21ClN2O2. The van der Waals surface area contributed by atoms with Gasteiger partial charge < -0.3 is 15.8 Å². The van der Waals surface area contributed by atoms with Crippen LogP contribution in [0.4, 0.5) is 0 Å². The molecule has 0 saturated carbocycles. The number of hydrogen-bond acceptors (Lipinski definition) is 3. The van der Waals surface area contributed by atoms with Crippen LogP contribution in [0.3, 0.4) is 0 Å². The maximum atomic E-state index is 11.7. The Bertz CT molecular complexity index is 435. The highest BCUT2D eigenvalue weighted by atomic mass is 35.5. The number of ether oxygens (including phenoxy) is 1. The number of rotatable bonds is 6. The van der Waals surface area contributed by atoms with Crippen molar-refractivity contribution >= 4 is 17.5 Å². The van der Waals surface area contributed by atoms with Crippen molar-refractivity contribution in [1.29, 1.82) is 0 Å². The average Bonchev–Trinajstić information content (AvgIpc) is 2.36. The molecule has 0 aromatic heterocycles. The minimum atomic E-state index is -0.646. The highest BCUT2D eigenvalue weighted by Gasteiger charge is 2.24. The van der Waals surface area contributed by atoms with Crippen LogP contribution in [0.25, 0.3) is 0 Å². The van der Waals surface area contributed by atoms with E-state index < -0.39 is 6.04 Å². The van der Waals surface area contributed by atoms with Crippen LogP contribution in [0, 0.1) is 0 Å². The lowest BCUT2D eigenvalue weighted by Gasteiger charge is -2.27. The maximum absolute atomic E-state index is 11.7. The Balaban J connectivity index is 2.66. The fourth-order valence-corrected chi connectivity index (χ4v) is 2.19. The van der Waals surface area contributed by atoms with Crippen LogP contribution in [0.1, 0.15) is 19.4 Å². The lowest BCUT2D eigenvalue weighted by atomic mass is 9.84. The van der Waals surface area contributed by atoms with E-state index in [9.17, 15) is 4.79 Å². The summed E-state index contributed by atoms with van der Waals surface area (Å²) in [5.41, 5.74) is 6.40. The quantitative estimate of drug-likeness (QED) is 0.836. The van der Waals surface area contributed by atoms with E-state index in [1.54, 1.807) is 0 Å². The molecular weight excluding hydrogens is 264 g/mol. The van der Waals surface area contributed by atoms with E-state index in [1.165, 1.54) is 7.11 Å². The molecule has 19 heavy (non-hydrogen) atoms. The van der Waals surface area contributed by atoms with Crippen molar-refractivity contribution in [3.05, 3.63) is 34.9 Å². The average molecular weight is 285 g/mol. The number of halogens is 1. The number of methoxy groups -OCH3 is 1. The summed E-state index contributed by atoms with van der Waals surface area (Å²) in [6, 6.07) is 6.98. The Kier molecular flexibility index (Phi) is 5.79. The Morgan fingerprint density at radius 2 is 2.11 bits per heavy atom. The van der Waals surface area contributed by atoms with Crippen molar-refractivity contribution in [2.24, 2.45) is 5.73 Å². The highest BCUT2D eigenvalue weighted by molar-refractivity contribution is 6.31. The molecule has 0 aliphatic heterocycles. The standard InChI is InChI=1S/C14H21ClN2O2/c1-14(2,10-6-4-5-7-11(10)15)9-17-13(18)12(16)8-19-3/h4-7,12H,8-9,16H2,1-3H3,(H,17,18). The number of carbonyl (C=O) groups excluding carboxylic acids is 1. The predicted molar refractivity (Wildman–Crippen MR) is 77.3 cm³/mol. The predicted octanol–water partition coefficient (Wildman–Crippen LogP) is 1.71. The fourth-order valence-electron chi connectivity index (χ4n) is 1.80. The lowest BCUT2D eigenvalue weighted by Crippen LogP contribution is -2.47. The zero-order chi connectivity index (χ0) is 14.5. The van der Waals surface area contributed by atoms with Crippen LogP contribution in [0.5, 0.6) is 0 Å². The van der Waals surface area contributed by atoms with Crippen molar-refractivity contribution in [2.75, 3.05) is 20.3 Å². The van der Waals surface area contributed by atoms with Gasteiger partial charge in [0.2, 0.25) is 5.91 Å². The second kappa shape index (κ2) is 6.89. The minimum Gasteiger partial charge on any atom is -0.383 e. The van der Waals surface area contributed by atoms with Crippen molar-refractivity contribution in [2.45, 2.75) is 25.3 Å². The van der Waals surface area contributed by atoms with Crippen LogP contribution in [0.15, 0.2) is 24.3 Å². The van der Waals surface area contributed by atoms with Gasteiger partial charge in [0.1, 0.15) is 6.04 Å². The van der Waals surface area contributed by atoms with E-state index >= 15 is 0 Å². The molecule has 1 amide bonds. The van der Waals surface area contributed by atoms with E-state index in [2.05, 4.69) is 5.32 Å². The van der Waals surface area contributed by atoms with Gasteiger partial charge in [-0.05, 0) is 11.6 Å². The number of nitrogens with two attached hydrogens (primary N) is 1. The van der Waals surface area contributed by atoms with E-state index in [0.29, 0.717) is 11.6 Å². The van der Waals surface area contributed by atoms with Gasteiger partial charge in [-0.15, -0.1) is 0 Å². The molecule has 0 bridgehead atoms. The van der Waals surface area contributed by atoms with E-state index in [4.69, 9.17) is 22.1 Å². The molecule has 3 N–H and O–H groups in total. The van der Waals surface area contributed by atoms with Crippen LogP contribution in [0.2, 0.25) is 5.02 Å². The first-order valence-electron chi connectivity index (χ1n) is 6.15. The summed E-state index contributed by atoms with van der Waals surface area (Å²) in [4.78, 5) is 11.7. The van der Waals surface area contributed by atoms with Gasteiger partial charge in [-0.1, -0.05) is 43.6 Å². The van der Waals surface area contributed by atoms with Gasteiger partial charge >= 0.3 is 0 Å². The van der Waals surface area contributed by atoms with Gasteiger partial charge in [-0.3, -0.25) is 4.79 Å². The molecule has 0 radical (unpaired) electrons. The summed E-state index contributed by atoms with van der Waals surface area (Å²) in [5, 5.41) is 3.53. The van der Waals surface area contributed by atoms with E-state index in [0.717, 1.165) is 5.56 Å². The lowest BCUT2D eigenvalue weighted by molar-refractivity contribution is -0.123. The van der Waals surface area contributed by atoms with Gasteiger partial charge in [0.25, 0.3) is 0 Å². The van der Waals surface area contributed by atoms with Crippen LogP contribution < -0.4 is 11.1 Å². The zero-order valence-corrected chi connectivity index (χ0v) is 12.3. The smallest absolute Gasteiger partial charge is 0.239 e. The molecule has 0 saturated heterocycles. The first kappa shape index (κ1) is 16.0. The van der Waals surface area contributed by atoms with Gasteiger partial charge in [-0.2, -0.15) is 0 Å². The second-order valence-electron chi connectivity index (χ2n) is 5.14. The molecule has 1 atom stereocenters. The summed E-state index contributed by atoms with van der Waals surface area (Å²) in [7, 11) is 1.51. The van der Waals surface area contributed by atoms with E-state index in [1.807, 2.05) is 38.1 Å². The third kappa shape index (κ3) is 4.49. The molecule has 1 rings (SSSR count). The SMILES string of the molecule is COCC(N)C(=O)NCC(C)(C)c1ccccc1Cl. The fraction of sp³-hybridized carbons (Fsp3) is 0.500. The van der Waals surface area contributed by atoms with Crippen LogP contribution in [-0.2, 0) is 14.9 Å². The van der Waals surface area contributed by atoms with Crippen molar-refractivity contribution in [3.8, 4) is 0 Å². The molecule has 106 valence electrons. The number of benzene rings is 1. The topological polar surface area (TPSA) is 64.3 Å². The number of amides is 1. The second-order valence-corrected chi connectivity index (χ2v) is 5.55. The largest absolute Gasteiger partial charge is 0.383 e. The molecule has 0 aliphatic rings. The normalized spacial score (nSPS) is 13.1. The number of carbonyl (C=O) groups is 1. The van der Waals surface area contributed by atoms with Gasteiger partial charge in [0.15, 0.2) is 0 Å². The minimum absolute atomic E-state index is 0.207. The summed E-state index contributed by atoms with van der Waals surface area (Å²) >= 11 is 6.18. The zero-order valence-electron chi connectivity index (χ0n) is 11.6. The van der Waals surface area contributed by atoms with Crippen molar-refractivity contribution in [1.82, 2.24) is 5.32 Å². The van der Waals surface area contributed by atoms with Gasteiger partial charge in [0, 0.05) is 24.1 Å². The Hall–Kier alpha value is -1.10. The molecule has 0 fully saturated rings. The first-order valence-corrected chi connectivity index (χ1v) is 6.53. The molecule has 0 spiro atoms. The van der Waals surface area contributed by atoms with Crippen LogP contribution in [-0.4, -0.2) is 32.2 Å². The summed E-state index contributed by atoms with van der Waals surface area (Å²) in [5.74, 6) is -0.220. The third-order valence-corrected chi connectivity index (χ3v) is 3.32. The molecule has 1 aromatic carbocycles. The summed E-state index contributed by atoms with van der Waals surface area (Å²) in [6.07, 6.45) is 0. The Morgan fingerprint density at radius 3 is 2.68 bits per heavy atom. The van der Waals surface area contributed by atoms with Gasteiger partial charge in [-0.25, -0.2) is 0 Å². The molecule has 0 heterocycles. The third-order valence-electron chi connectivity index (χ3n) is 2.99. The highest BCUT2D eigenvalue weighted by Crippen LogP contribution is 2.28. The molecule has 4 nitrogen and oxygen atoms in total. The molecule has 0 aliphatic carbocycles. The number of nitrogens with one attached hydrogen (secondary N) is 1. The number of hydrogen-bond donors (Lipinski definition) is 2. The van der Waals surface area contributed by atoms with Crippen molar-refractivity contribution in [3.63, 3.8) is 0 Å². The van der Waals surface area contributed by atoms with Crippen molar-refractivity contribution < 1.29 is 9.53 Å².